The SMILES string of the molecule is COc1c(C(=O)CCc2ccc(O)cc2O)ccc(C)c1C.COc1ccc(CCC(=O)c2ccc(O)cc2O)c(OC)c1C. The molecule has 0 amide bonds. The van der Waals surface area contributed by atoms with E-state index < -0.39 is 0 Å². The van der Waals surface area contributed by atoms with Gasteiger partial charge in [0.2, 0.25) is 0 Å². The summed E-state index contributed by atoms with van der Waals surface area (Å²) in [6, 6.07) is 15.7. The van der Waals surface area contributed by atoms with E-state index in [4.69, 9.17) is 14.2 Å². The Labute approximate surface area is 263 Å². The van der Waals surface area contributed by atoms with Gasteiger partial charge in [0.1, 0.15) is 40.2 Å². The number of phenolic OH excluding ortho intramolecular Hbond substituents is 4. The van der Waals surface area contributed by atoms with Gasteiger partial charge in [-0.3, -0.25) is 9.59 Å². The summed E-state index contributed by atoms with van der Waals surface area (Å²) in [7, 11) is 4.74. The van der Waals surface area contributed by atoms with Crippen molar-refractivity contribution in [2.75, 3.05) is 21.3 Å². The van der Waals surface area contributed by atoms with Crippen molar-refractivity contribution in [1.29, 1.82) is 0 Å². The summed E-state index contributed by atoms with van der Waals surface area (Å²) >= 11 is 0. The summed E-state index contributed by atoms with van der Waals surface area (Å²) in [4.78, 5) is 24.7. The first-order valence-corrected chi connectivity index (χ1v) is 14.4. The molecule has 0 unspecified atom stereocenters. The molecule has 238 valence electrons. The number of methoxy groups -OCH3 is 3. The van der Waals surface area contributed by atoms with Crippen molar-refractivity contribution in [2.24, 2.45) is 0 Å². The molecule has 0 saturated heterocycles. The first-order valence-electron chi connectivity index (χ1n) is 14.4. The minimum absolute atomic E-state index is 0.000137. The standard InChI is InChI=1S/C18H20O5.C18H20O4/c1-11-17(22-2)9-5-12(18(11)23-3)4-8-15(20)14-7-6-13(19)10-16(14)21;1-11-4-8-15(18(22-3)12(11)2)16(20)9-6-13-5-7-14(19)10-17(13)21/h5-7,9-10,19,21H,4,8H2,1-3H3;4-5,7-8,10,19,21H,6,9H2,1-3H3. The Balaban J connectivity index is 0.000000246. The van der Waals surface area contributed by atoms with E-state index >= 15 is 0 Å². The molecule has 4 rings (SSSR count). The number of rotatable bonds is 11. The van der Waals surface area contributed by atoms with Gasteiger partial charge in [0.25, 0.3) is 0 Å². The lowest BCUT2D eigenvalue weighted by Crippen LogP contribution is -2.06. The number of benzene rings is 4. The van der Waals surface area contributed by atoms with E-state index in [0.717, 1.165) is 34.1 Å². The molecular formula is C36H40O9. The van der Waals surface area contributed by atoms with Gasteiger partial charge in [-0.05, 0) is 86.2 Å². The number of carbonyl (C=O) groups excluding carboxylic acids is 2. The van der Waals surface area contributed by atoms with Crippen molar-refractivity contribution in [3.05, 3.63) is 99.6 Å². The molecule has 0 saturated carbocycles. The summed E-state index contributed by atoms with van der Waals surface area (Å²) in [5.74, 6) is 1.52. The van der Waals surface area contributed by atoms with Crippen molar-refractivity contribution >= 4 is 11.6 Å². The van der Waals surface area contributed by atoms with Gasteiger partial charge in [-0.1, -0.05) is 18.2 Å². The smallest absolute Gasteiger partial charge is 0.166 e. The van der Waals surface area contributed by atoms with E-state index in [2.05, 4.69) is 0 Å². The van der Waals surface area contributed by atoms with E-state index in [0.29, 0.717) is 35.5 Å². The van der Waals surface area contributed by atoms with Gasteiger partial charge in [-0.15, -0.1) is 0 Å². The quantitative estimate of drug-likeness (QED) is 0.134. The third kappa shape index (κ3) is 8.47. The molecule has 45 heavy (non-hydrogen) atoms. The third-order valence-corrected chi connectivity index (χ3v) is 7.64. The Morgan fingerprint density at radius 1 is 0.578 bits per heavy atom. The fourth-order valence-corrected chi connectivity index (χ4v) is 4.99. The molecule has 0 spiro atoms. The van der Waals surface area contributed by atoms with Gasteiger partial charge in [-0.2, -0.15) is 0 Å². The number of Topliss-reactive ketones (excluding diaryl/α,β-unsaturated/α-hetero) is 2. The second-order valence-corrected chi connectivity index (χ2v) is 10.5. The van der Waals surface area contributed by atoms with E-state index in [1.54, 1.807) is 33.5 Å². The average Bonchev–Trinajstić information content (AvgIpc) is 3.01. The molecular weight excluding hydrogens is 576 g/mol. The van der Waals surface area contributed by atoms with Gasteiger partial charge in [-0.25, -0.2) is 0 Å². The first kappa shape index (κ1) is 34.3. The molecule has 0 aromatic heterocycles. The lowest BCUT2D eigenvalue weighted by Gasteiger charge is -2.14. The van der Waals surface area contributed by atoms with E-state index in [1.165, 1.54) is 24.3 Å². The summed E-state index contributed by atoms with van der Waals surface area (Å²) in [6.07, 6.45) is 1.37. The zero-order valence-electron chi connectivity index (χ0n) is 26.4. The highest BCUT2D eigenvalue weighted by Gasteiger charge is 2.17. The molecule has 4 N–H and O–H groups in total. The zero-order valence-corrected chi connectivity index (χ0v) is 26.4. The van der Waals surface area contributed by atoms with Gasteiger partial charge in [0.05, 0.1) is 32.5 Å². The van der Waals surface area contributed by atoms with Crippen molar-refractivity contribution in [1.82, 2.24) is 0 Å². The Morgan fingerprint density at radius 2 is 1.11 bits per heavy atom. The molecule has 4 aromatic rings. The molecule has 0 radical (unpaired) electrons. The summed E-state index contributed by atoms with van der Waals surface area (Å²) in [5, 5.41) is 38.1. The highest BCUT2D eigenvalue weighted by atomic mass is 16.5. The summed E-state index contributed by atoms with van der Waals surface area (Å²) < 4.78 is 16.0. The molecule has 0 aliphatic carbocycles. The van der Waals surface area contributed by atoms with Crippen molar-refractivity contribution in [2.45, 2.75) is 46.5 Å². The highest BCUT2D eigenvalue weighted by Crippen LogP contribution is 2.33. The lowest BCUT2D eigenvalue weighted by atomic mass is 9.97. The number of ether oxygens (including phenoxy) is 3. The van der Waals surface area contributed by atoms with Crippen LogP contribution in [0.3, 0.4) is 0 Å². The maximum absolute atomic E-state index is 12.4. The third-order valence-electron chi connectivity index (χ3n) is 7.64. The van der Waals surface area contributed by atoms with Crippen LogP contribution in [0.1, 0.15) is 61.4 Å². The number of carbonyl (C=O) groups is 2. The molecule has 9 nitrogen and oxygen atoms in total. The number of aromatic hydroxyl groups is 4. The zero-order chi connectivity index (χ0) is 33.3. The molecule has 0 atom stereocenters. The van der Waals surface area contributed by atoms with Gasteiger partial charge in [0, 0.05) is 30.5 Å². The second-order valence-electron chi connectivity index (χ2n) is 10.5. The van der Waals surface area contributed by atoms with E-state index in [1.807, 2.05) is 39.0 Å². The van der Waals surface area contributed by atoms with Gasteiger partial charge >= 0.3 is 0 Å². The van der Waals surface area contributed by atoms with Crippen LogP contribution in [-0.4, -0.2) is 53.3 Å². The van der Waals surface area contributed by atoms with Crippen LogP contribution in [0.25, 0.3) is 0 Å². The molecule has 0 fully saturated rings. The minimum Gasteiger partial charge on any atom is -0.508 e. The Kier molecular flexibility index (Phi) is 11.8. The van der Waals surface area contributed by atoms with Crippen LogP contribution in [0.15, 0.2) is 60.7 Å². The van der Waals surface area contributed by atoms with Gasteiger partial charge < -0.3 is 34.6 Å². The van der Waals surface area contributed by atoms with Crippen LogP contribution in [0.5, 0.6) is 40.2 Å². The summed E-state index contributed by atoms with van der Waals surface area (Å²) in [5.41, 5.74) is 5.21. The van der Waals surface area contributed by atoms with Crippen LogP contribution in [0.4, 0.5) is 0 Å². The normalized spacial score (nSPS) is 10.4. The molecule has 0 aliphatic heterocycles. The van der Waals surface area contributed by atoms with Crippen molar-refractivity contribution in [3.63, 3.8) is 0 Å². The van der Waals surface area contributed by atoms with Crippen molar-refractivity contribution < 1.29 is 44.2 Å². The Bertz CT molecular complexity index is 1670. The predicted octanol–water partition coefficient (Wildman–Crippen LogP) is 6.78. The number of aryl methyl sites for hydroxylation is 3. The largest absolute Gasteiger partial charge is 0.508 e. The number of ketones is 2. The Morgan fingerprint density at radius 3 is 1.69 bits per heavy atom. The number of hydrogen-bond donors (Lipinski definition) is 4. The van der Waals surface area contributed by atoms with Crippen LogP contribution in [-0.2, 0) is 12.8 Å². The summed E-state index contributed by atoms with van der Waals surface area (Å²) in [6.45, 7) is 5.80. The lowest BCUT2D eigenvalue weighted by molar-refractivity contribution is 0.0971. The fraction of sp³-hybridized carbons (Fsp3) is 0.278. The maximum Gasteiger partial charge on any atom is 0.166 e. The van der Waals surface area contributed by atoms with Crippen LogP contribution in [0.2, 0.25) is 0 Å². The monoisotopic (exact) mass is 616 g/mol. The molecule has 9 heteroatoms. The van der Waals surface area contributed by atoms with E-state index in [9.17, 15) is 30.0 Å². The van der Waals surface area contributed by atoms with Crippen molar-refractivity contribution in [3.8, 4) is 40.2 Å². The first-order chi connectivity index (χ1) is 21.4. The fourth-order valence-electron chi connectivity index (χ4n) is 4.99. The number of hydrogen-bond acceptors (Lipinski definition) is 9. The van der Waals surface area contributed by atoms with Crippen LogP contribution < -0.4 is 14.2 Å². The topological polar surface area (TPSA) is 143 Å². The molecule has 0 aliphatic rings. The highest BCUT2D eigenvalue weighted by molar-refractivity contribution is 5.99. The average molecular weight is 617 g/mol. The van der Waals surface area contributed by atoms with Crippen LogP contribution >= 0.6 is 0 Å². The molecule has 4 aromatic carbocycles. The Hall–Kier alpha value is -5.18. The van der Waals surface area contributed by atoms with Crippen LogP contribution in [0, 0.1) is 20.8 Å². The molecule has 0 heterocycles. The molecule has 0 bridgehead atoms. The predicted molar refractivity (Wildman–Crippen MR) is 172 cm³/mol. The maximum atomic E-state index is 12.4. The second kappa shape index (κ2) is 15.5. The van der Waals surface area contributed by atoms with Gasteiger partial charge in [0.15, 0.2) is 11.6 Å². The van der Waals surface area contributed by atoms with E-state index in [-0.39, 0.29) is 53.0 Å². The minimum atomic E-state index is -0.215. The number of phenols is 4.